The summed E-state index contributed by atoms with van der Waals surface area (Å²) < 4.78 is 12.3. The summed E-state index contributed by atoms with van der Waals surface area (Å²) >= 11 is 1.24. The third-order valence-electron chi connectivity index (χ3n) is 10.6. The number of hydrogen-bond donors (Lipinski definition) is 5. The lowest BCUT2D eigenvalue weighted by molar-refractivity contribution is -0.146. The van der Waals surface area contributed by atoms with Crippen LogP contribution in [0.5, 0.6) is 11.5 Å². The van der Waals surface area contributed by atoms with Crippen molar-refractivity contribution < 1.29 is 38.6 Å². The number of pyridine rings is 1. The minimum atomic E-state index is -1.53. The molecule has 2 aliphatic rings. The molecule has 15 nitrogen and oxygen atoms in total. The molecule has 16 heteroatoms. The summed E-state index contributed by atoms with van der Waals surface area (Å²) in [5, 5.41) is 22.4. The molecule has 0 spiro atoms. The van der Waals surface area contributed by atoms with E-state index in [1.807, 2.05) is 61.5 Å². The monoisotopic (exact) mass is 791 g/mol. The van der Waals surface area contributed by atoms with Gasteiger partial charge in [0.1, 0.15) is 35.2 Å². The molecule has 2 fully saturated rings. The zero-order valence-electron chi connectivity index (χ0n) is 33.7. The Bertz CT molecular complexity index is 2050. The summed E-state index contributed by atoms with van der Waals surface area (Å²) in [5.74, 6) is -2.06. The Morgan fingerprint density at radius 2 is 1.79 bits per heavy atom. The number of benzene rings is 1. The second kappa shape index (κ2) is 15.7. The first-order valence-corrected chi connectivity index (χ1v) is 19.4. The predicted octanol–water partition coefficient (Wildman–Crippen LogP) is 5.28. The van der Waals surface area contributed by atoms with Gasteiger partial charge < -0.3 is 40.7 Å². The Hall–Kier alpha value is -5.25. The molecule has 6 atom stereocenters. The van der Waals surface area contributed by atoms with Crippen LogP contribution in [0.3, 0.4) is 0 Å². The third-order valence-corrected chi connectivity index (χ3v) is 11.5. The molecule has 5 amide bonds. The number of carboxylic acids is 1. The summed E-state index contributed by atoms with van der Waals surface area (Å²) in [6.07, 6.45) is 2.56. The molecule has 1 aliphatic heterocycles. The van der Waals surface area contributed by atoms with Crippen LogP contribution in [0.25, 0.3) is 21.5 Å². The van der Waals surface area contributed by atoms with Gasteiger partial charge in [0.25, 0.3) is 0 Å². The van der Waals surface area contributed by atoms with Crippen molar-refractivity contribution >= 4 is 57.1 Å². The molecule has 56 heavy (non-hydrogen) atoms. The second-order valence-electron chi connectivity index (χ2n) is 16.8. The standard InChI is InChI=1S/C40H53N7O8S/c1-12-23-17-40(23,35(51)52)46-33(49)27-15-24(19-47(27)34(50)32(39(8,9)10)45-36(53)42-21(3)38(5,6)7)55-29-16-26(30-18-41-37(56-30)43-22(4)48)44-31-20(2)28(54-11)14-13-25(29)31/h12-14,16,18,21,23-24,27,32H,1,15,17,19H2,2-11H3,(H,46,49)(H,51,52)(H,41,43,48)(H2,42,45,53)/t21-,23?,24-,27+,32-,40-/m1/s1. The van der Waals surface area contributed by atoms with E-state index in [1.54, 1.807) is 25.4 Å². The number of thiazole rings is 1. The number of aromatic nitrogens is 2. The maximum atomic E-state index is 14.7. The van der Waals surface area contributed by atoms with Crippen LogP contribution in [-0.2, 0) is 19.2 Å². The van der Waals surface area contributed by atoms with Gasteiger partial charge in [0, 0.05) is 48.5 Å². The predicted molar refractivity (Wildman–Crippen MR) is 214 cm³/mol. The number of methoxy groups -OCH3 is 1. The Kier molecular flexibility index (Phi) is 11.8. The topological polar surface area (TPSA) is 201 Å². The van der Waals surface area contributed by atoms with Crippen LogP contribution < -0.4 is 30.7 Å². The zero-order chi connectivity index (χ0) is 41.5. The normalized spacial score (nSPS) is 21.8. The molecule has 302 valence electrons. The number of fused-ring (bicyclic) bond motifs is 1. The number of urea groups is 1. The number of aryl methyl sites for hydroxylation is 1. The summed E-state index contributed by atoms with van der Waals surface area (Å²) in [5.41, 5.74) is -0.715. The number of carbonyl (C=O) groups is 5. The van der Waals surface area contributed by atoms with E-state index in [9.17, 15) is 29.1 Å². The lowest BCUT2D eigenvalue weighted by Gasteiger charge is -2.36. The highest BCUT2D eigenvalue weighted by Gasteiger charge is 2.61. The summed E-state index contributed by atoms with van der Waals surface area (Å²) in [4.78, 5) is 77.5. The number of carboxylic acid groups (broad SMARTS) is 1. The van der Waals surface area contributed by atoms with E-state index in [4.69, 9.17) is 14.5 Å². The Morgan fingerprint density at radius 3 is 2.36 bits per heavy atom. The van der Waals surface area contributed by atoms with Crippen LogP contribution >= 0.6 is 11.3 Å². The largest absolute Gasteiger partial charge is 0.496 e. The van der Waals surface area contributed by atoms with Crippen LogP contribution in [0.4, 0.5) is 9.93 Å². The van der Waals surface area contributed by atoms with E-state index in [0.29, 0.717) is 38.1 Å². The first-order valence-electron chi connectivity index (χ1n) is 18.5. The van der Waals surface area contributed by atoms with Gasteiger partial charge in [0.05, 0.1) is 29.7 Å². The maximum Gasteiger partial charge on any atom is 0.330 e. The molecule has 0 bridgehead atoms. The van der Waals surface area contributed by atoms with Crippen molar-refractivity contribution in [1.29, 1.82) is 0 Å². The number of nitrogens with zero attached hydrogens (tertiary/aromatic N) is 3. The van der Waals surface area contributed by atoms with Crippen LogP contribution in [0.2, 0.25) is 0 Å². The number of likely N-dealkylation sites (tertiary alicyclic amines) is 1. The first-order chi connectivity index (χ1) is 26.1. The lowest BCUT2D eigenvalue weighted by atomic mass is 9.85. The molecule has 1 saturated carbocycles. The summed E-state index contributed by atoms with van der Waals surface area (Å²) in [6, 6.07) is 2.42. The molecule has 2 aromatic heterocycles. The van der Waals surface area contributed by atoms with Gasteiger partial charge in [-0.1, -0.05) is 59.0 Å². The van der Waals surface area contributed by atoms with Gasteiger partial charge in [-0.2, -0.15) is 0 Å². The molecular formula is C40H53N7O8S. The number of nitrogens with one attached hydrogen (secondary N) is 4. The SMILES string of the molecule is C=CC1C[C@]1(NC(=O)[C@@H]1C[C@@H](Oc2cc(-c3cnc(NC(C)=O)s3)nc3c(C)c(OC)ccc23)CN1C(=O)[C@@H](NC(=O)N[C@H](C)C(C)(C)C)C(C)(C)C)C(=O)O. The van der Waals surface area contributed by atoms with Crippen molar-refractivity contribution in [3.63, 3.8) is 0 Å². The smallest absolute Gasteiger partial charge is 0.330 e. The van der Waals surface area contributed by atoms with Gasteiger partial charge in [0.15, 0.2) is 5.13 Å². The summed E-state index contributed by atoms with van der Waals surface area (Å²) in [6.45, 7) is 20.3. The first kappa shape index (κ1) is 41.9. The van der Waals surface area contributed by atoms with Gasteiger partial charge in [0.2, 0.25) is 17.7 Å². The van der Waals surface area contributed by atoms with Crippen LogP contribution in [0, 0.1) is 23.7 Å². The quantitative estimate of drug-likeness (QED) is 0.150. The van der Waals surface area contributed by atoms with Crippen molar-refractivity contribution in [2.75, 3.05) is 19.0 Å². The molecule has 3 heterocycles. The van der Waals surface area contributed by atoms with E-state index in [0.717, 1.165) is 5.56 Å². The molecule has 5 N–H and O–H groups in total. The van der Waals surface area contributed by atoms with Gasteiger partial charge in [-0.25, -0.2) is 19.6 Å². The molecule has 1 aromatic carbocycles. The fraction of sp³-hybridized carbons (Fsp3) is 0.525. The van der Waals surface area contributed by atoms with Crippen molar-refractivity contribution in [1.82, 2.24) is 30.8 Å². The van der Waals surface area contributed by atoms with Gasteiger partial charge in [-0.15, -0.1) is 6.58 Å². The van der Waals surface area contributed by atoms with Gasteiger partial charge in [-0.3, -0.25) is 14.4 Å². The number of amides is 5. The average Bonchev–Trinajstić information content (AvgIpc) is 3.38. The molecule has 1 aliphatic carbocycles. The molecular weight excluding hydrogens is 739 g/mol. The van der Waals surface area contributed by atoms with Crippen molar-refractivity contribution in [3.05, 3.63) is 42.6 Å². The Balaban J connectivity index is 1.53. The van der Waals surface area contributed by atoms with Crippen molar-refractivity contribution in [2.24, 2.45) is 16.7 Å². The average molecular weight is 792 g/mol. The lowest BCUT2D eigenvalue weighted by Crippen LogP contribution is -2.61. The van der Waals surface area contributed by atoms with E-state index in [2.05, 4.69) is 32.8 Å². The van der Waals surface area contributed by atoms with Crippen molar-refractivity contribution in [2.45, 2.75) is 105 Å². The minimum absolute atomic E-state index is 0.0255. The number of ether oxygens (including phenoxy) is 2. The Morgan fingerprint density at radius 1 is 1.09 bits per heavy atom. The number of anilines is 1. The molecule has 0 radical (unpaired) electrons. The van der Waals surface area contributed by atoms with Gasteiger partial charge in [-0.05, 0) is 43.2 Å². The Labute approximate surface area is 331 Å². The fourth-order valence-corrected chi connectivity index (χ4v) is 7.52. The van der Waals surface area contributed by atoms with Crippen LogP contribution in [-0.4, -0.2) is 93.1 Å². The highest BCUT2D eigenvalue weighted by atomic mass is 32.1. The number of hydrogen-bond acceptors (Lipinski definition) is 10. The third kappa shape index (κ3) is 8.74. The van der Waals surface area contributed by atoms with E-state index in [1.165, 1.54) is 29.2 Å². The molecule has 5 rings (SSSR count). The number of rotatable bonds is 12. The highest BCUT2D eigenvalue weighted by Crippen LogP contribution is 2.45. The van der Waals surface area contributed by atoms with Crippen LogP contribution in [0.15, 0.2) is 37.1 Å². The minimum Gasteiger partial charge on any atom is -0.496 e. The van der Waals surface area contributed by atoms with Crippen LogP contribution in [0.1, 0.15) is 73.8 Å². The second-order valence-corrected chi connectivity index (χ2v) is 17.8. The fourth-order valence-electron chi connectivity index (χ4n) is 6.70. The zero-order valence-corrected chi connectivity index (χ0v) is 34.5. The molecule has 1 unspecified atom stereocenters. The van der Waals surface area contributed by atoms with E-state index >= 15 is 0 Å². The highest BCUT2D eigenvalue weighted by molar-refractivity contribution is 7.19. The summed E-state index contributed by atoms with van der Waals surface area (Å²) in [7, 11) is 1.57. The van der Waals surface area contributed by atoms with Crippen molar-refractivity contribution in [3.8, 4) is 22.1 Å². The van der Waals surface area contributed by atoms with E-state index in [-0.39, 0.29) is 36.8 Å². The number of carbonyl (C=O) groups excluding carboxylic acids is 4. The maximum absolute atomic E-state index is 14.7. The number of aliphatic carboxylic acids is 1. The molecule has 3 aromatic rings. The van der Waals surface area contributed by atoms with Gasteiger partial charge >= 0.3 is 12.0 Å². The molecule has 1 saturated heterocycles. The van der Waals surface area contributed by atoms with E-state index < -0.39 is 58.9 Å².